The third-order valence-corrected chi connectivity index (χ3v) is 10.6. The molecule has 2 fully saturated rings. The lowest BCUT2D eigenvalue weighted by Crippen LogP contribution is -2.74. The highest BCUT2D eigenvalue weighted by molar-refractivity contribution is 7.85. The van der Waals surface area contributed by atoms with Crippen LogP contribution < -0.4 is 9.47 Å². The Morgan fingerprint density at radius 2 is 1.95 bits per heavy atom. The molecule has 1 saturated carbocycles. The van der Waals surface area contributed by atoms with Gasteiger partial charge in [0.05, 0.1) is 35.6 Å². The van der Waals surface area contributed by atoms with Gasteiger partial charge < -0.3 is 19.1 Å². The fourth-order valence-electron chi connectivity index (χ4n) is 9.00. The van der Waals surface area contributed by atoms with Gasteiger partial charge in [-0.1, -0.05) is 24.3 Å². The monoisotopic (exact) mass is 564 g/mol. The van der Waals surface area contributed by atoms with Crippen molar-refractivity contribution < 1.29 is 27.6 Å². The summed E-state index contributed by atoms with van der Waals surface area (Å²) in [7, 11) is -1.93. The Kier molecular flexibility index (Phi) is 5.18. The molecule has 2 N–H and O–H groups in total. The van der Waals surface area contributed by atoms with E-state index < -0.39 is 21.1 Å². The highest BCUT2D eigenvalue weighted by Gasteiger charge is 2.73. The van der Waals surface area contributed by atoms with Gasteiger partial charge in [0, 0.05) is 36.5 Å². The average molecular weight is 565 g/mol. The summed E-state index contributed by atoms with van der Waals surface area (Å²) in [4.78, 5) is 2.65. The van der Waals surface area contributed by atoms with Crippen LogP contribution >= 0.6 is 0 Å². The highest BCUT2D eigenvalue weighted by Crippen LogP contribution is 2.69. The second-order valence-corrected chi connectivity index (χ2v) is 14.2. The van der Waals surface area contributed by atoms with Gasteiger partial charge in [-0.15, -0.1) is 0 Å². The molecule has 9 heteroatoms. The van der Waals surface area contributed by atoms with Crippen LogP contribution in [0.25, 0.3) is 10.9 Å². The van der Waals surface area contributed by atoms with Gasteiger partial charge >= 0.3 is 0 Å². The summed E-state index contributed by atoms with van der Waals surface area (Å²) in [5.74, 6) is 2.52. The largest absolute Gasteiger partial charge is 0.493 e. The Labute approximate surface area is 234 Å². The fourth-order valence-corrected chi connectivity index (χ4v) is 9.00. The van der Waals surface area contributed by atoms with Crippen molar-refractivity contribution in [3.05, 3.63) is 58.3 Å². The van der Waals surface area contributed by atoms with E-state index in [0.717, 1.165) is 69.2 Å². The molecule has 9 rings (SSSR count). The van der Waals surface area contributed by atoms with E-state index in [1.54, 1.807) is 7.11 Å². The lowest BCUT2D eigenvalue weighted by Gasteiger charge is -2.63. The lowest BCUT2D eigenvalue weighted by molar-refractivity contribution is -0.173. The zero-order valence-electron chi connectivity index (χ0n) is 23.0. The van der Waals surface area contributed by atoms with Crippen molar-refractivity contribution in [2.75, 3.05) is 26.5 Å². The van der Waals surface area contributed by atoms with Crippen LogP contribution in [0.5, 0.6) is 11.5 Å². The molecular formula is C31H36N2O6S. The molecule has 4 heterocycles. The smallest absolute Gasteiger partial charge is 0.261 e. The molecule has 1 saturated heterocycles. The first-order valence-corrected chi connectivity index (χ1v) is 16.4. The molecule has 2 bridgehead atoms. The van der Waals surface area contributed by atoms with E-state index in [4.69, 9.17) is 14.0 Å². The summed E-state index contributed by atoms with van der Waals surface area (Å²) in [6.45, 7) is 3.21. The summed E-state index contributed by atoms with van der Waals surface area (Å²) in [5, 5.41) is 14.4. The van der Waals surface area contributed by atoms with Gasteiger partial charge in [0.15, 0.2) is 17.6 Å². The molecule has 1 spiro atoms. The van der Waals surface area contributed by atoms with Gasteiger partial charge in [-0.2, -0.15) is 8.42 Å². The average Bonchev–Trinajstić information content (AvgIpc) is 3.58. The molecule has 2 aromatic carbocycles. The number of nitrogens with zero attached hydrogens (tertiary/aromatic N) is 2. The third kappa shape index (κ3) is 3.26. The summed E-state index contributed by atoms with van der Waals surface area (Å²) >= 11 is 0. The number of methoxy groups -OCH3 is 1. The molecule has 8 nitrogen and oxygen atoms in total. The molecular weight excluding hydrogens is 528 g/mol. The first-order chi connectivity index (χ1) is 19.1. The molecule has 3 aliphatic carbocycles. The minimum atomic E-state index is -3.67. The Hall–Kier alpha value is -2.59. The van der Waals surface area contributed by atoms with E-state index in [0.29, 0.717) is 6.26 Å². The predicted octanol–water partition coefficient (Wildman–Crippen LogP) is 3.80. The molecule has 212 valence electrons. The van der Waals surface area contributed by atoms with Crippen molar-refractivity contribution in [3.8, 4) is 11.5 Å². The van der Waals surface area contributed by atoms with E-state index in [1.165, 1.54) is 51.7 Å². The van der Waals surface area contributed by atoms with E-state index in [2.05, 4.69) is 39.8 Å². The number of benzene rings is 2. The minimum Gasteiger partial charge on any atom is -0.493 e. The van der Waals surface area contributed by atoms with Gasteiger partial charge in [-0.05, 0) is 73.7 Å². The zero-order chi connectivity index (χ0) is 27.6. The number of aryl methyl sites for hydroxylation is 2. The van der Waals surface area contributed by atoms with E-state index in [9.17, 15) is 13.5 Å². The van der Waals surface area contributed by atoms with Crippen LogP contribution in [0, 0.1) is 5.92 Å². The molecule has 1 aromatic heterocycles. The fraction of sp³-hybridized carbons (Fsp3) is 0.548. The summed E-state index contributed by atoms with van der Waals surface area (Å²) < 4.78 is 41.3. The molecule has 40 heavy (non-hydrogen) atoms. The van der Waals surface area contributed by atoms with Crippen LogP contribution in [0.1, 0.15) is 59.7 Å². The standard InChI is InChI=1S/C30H32N2O3.CH4O3S/c1-34-22-10-9-19-14-23-30(33)15-21-20-6-2-4-18-5-3-12-32(25(18)20)26(21)28-29(30,24(19)27(22)35-28)11-13-31(23)16-17-7-8-17;1-5(2,3)4/h2,4,6,9-10,17,23,28,33H,3,5,7-8,11-16H2,1H3;1H3,(H,2,3,4)/t23-,28+,29+,30-;/m1./s1. The van der Waals surface area contributed by atoms with Crippen LogP contribution in [0.3, 0.4) is 0 Å². The maximum atomic E-state index is 13.1. The molecule has 4 atom stereocenters. The number of rotatable bonds is 3. The van der Waals surface area contributed by atoms with Gasteiger partial charge in [0.1, 0.15) is 0 Å². The molecule has 6 aliphatic rings. The number of para-hydroxylation sites is 1. The second-order valence-electron chi connectivity index (χ2n) is 12.8. The molecule has 3 aliphatic heterocycles. The number of fused-ring (bicyclic) bond motifs is 4. The first kappa shape index (κ1) is 25.1. The van der Waals surface area contributed by atoms with Gasteiger partial charge in [0.25, 0.3) is 10.1 Å². The number of hydrogen-bond donors (Lipinski definition) is 2. The Morgan fingerprint density at radius 1 is 1.15 bits per heavy atom. The van der Waals surface area contributed by atoms with Crippen molar-refractivity contribution in [2.45, 2.75) is 74.7 Å². The maximum Gasteiger partial charge on any atom is 0.261 e. The number of piperidine rings is 1. The third-order valence-electron chi connectivity index (χ3n) is 10.6. The first-order valence-electron chi connectivity index (χ1n) is 14.5. The van der Waals surface area contributed by atoms with Crippen LogP contribution in [-0.2, 0) is 41.3 Å². The maximum absolute atomic E-state index is 13.1. The summed E-state index contributed by atoms with van der Waals surface area (Å²) in [5.41, 5.74) is 6.86. The molecule has 3 aromatic rings. The van der Waals surface area contributed by atoms with Crippen LogP contribution in [0.4, 0.5) is 0 Å². The summed E-state index contributed by atoms with van der Waals surface area (Å²) in [6, 6.07) is 11.3. The second kappa shape index (κ2) is 8.25. The van der Waals surface area contributed by atoms with Crippen LogP contribution in [0.2, 0.25) is 0 Å². The topological polar surface area (TPSA) is 101 Å². The van der Waals surface area contributed by atoms with Crippen molar-refractivity contribution in [2.24, 2.45) is 5.92 Å². The zero-order valence-corrected chi connectivity index (χ0v) is 23.8. The van der Waals surface area contributed by atoms with Gasteiger partial charge in [-0.3, -0.25) is 9.45 Å². The van der Waals surface area contributed by atoms with Gasteiger partial charge in [0.2, 0.25) is 0 Å². The number of aliphatic hydroxyl groups is 1. The van der Waals surface area contributed by atoms with Crippen LogP contribution in [0.15, 0.2) is 30.3 Å². The van der Waals surface area contributed by atoms with Crippen molar-refractivity contribution in [3.63, 3.8) is 0 Å². The van der Waals surface area contributed by atoms with Crippen molar-refractivity contribution >= 4 is 21.0 Å². The number of ether oxygens (including phenoxy) is 2. The highest BCUT2D eigenvalue weighted by atomic mass is 32.2. The van der Waals surface area contributed by atoms with Crippen molar-refractivity contribution in [1.82, 2.24) is 9.47 Å². The Bertz CT molecular complexity index is 1670. The quantitative estimate of drug-likeness (QED) is 0.467. The van der Waals surface area contributed by atoms with Gasteiger partial charge in [-0.25, -0.2) is 0 Å². The van der Waals surface area contributed by atoms with E-state index in [-0.39, 0.29) is 12.1 Å². The Balaban J connectivity index is 0.000000455. The molecule has 0 radical (unpaired) electrons. The normalized spacial score (nSPS) is 31.1. The SMILES string of the molecule is COc1ccc2c3c1O[C@H]1c4c(c5cccc6c5n4CCC6)C[C@@]4(O)[C@@H](C2)N(CC2CC2)CC[C@]314.CS(=O)(=O)O. The summed E-state index contributed by atoms with van der Waals surface area (Å²) in [6.07, 6.45) is 8.10. The Morgan fingerprint density at radius 3 is 2.70 bits per heavy atom. The van der Waals surface area contributed by atoms with Crippen molar-refractivity contribution in [1.29, 1.82) is 0 Å². The predicted molar refractivity (Wildman–Crippen MR) is 151 cm³/mol. The molecule has 0 amide bonds. The number of likely N-dealkylation sites (tertiary alicyclic amines) is 1. The van der Waals surface area contributed by atoms with E-state index in [1.807, 2.05) is 0 Å². The minimum absolute atomic E-state index is 0.134. The molecule has 0 unspecified atom stereocenters. The number of aromatic nitrogens is 1. The number of hydrogen-bond acceptors (Lipinski definition) is 6. The van der Waals surface area contributed by atoms with E-state index >= 15 is 0 Å². The lowest BCUT2D eigenvalue weighted by atomic mass is 9.49. The van der Waals surface area contributed by atoms with Crippen LogP contribution in [-0.4, -0.2) is 65.6 Å².